The topological polar surface area (TPSA) is 54.6 Å². The summed E-state index contributed by atoms with van der Waals surface area (Å²) in [5.41, 5.74) is 2.51. The Hall–Kier alpha value is -1.10. The number of carbonyl (C=O) groups excluding carboxylic acids is 1. The molecule has 4 nitrogen and oxygen atoms in total. The van der Waals surface area contributed by atoms with Crippen molar-refractivity contribution < 1.29 is 9.21 Å². The first kappa shape index (κ1) is 12.0. The lowest BCUT2D eigenvalue weighted by Gasteiger charge is -2.16. The molecule has 18 heavy (non-hydrogen) atoms. The molecular weight excluding hydrogens is 296 g/mol. The van der Waals surface area contributed by atoms with Gasteiger partial charge in [0.05, 0.1) is 0 Å². The Morgan fingerprint density at radius 3 is 2.94 bits per heavy atom. The van der Waals surface area contributed by atoms with Gasteiger partial charge in [-0.2, -0.15) is 5.10 Å². The fourth-order valence-electron chi connectivity index (χ4n) is 3.16. The molecule has 2 bridgehead atoms. The van der Waals surface area contributed by atoms with E-state index in [9.17, 15) is 4.79 Å². The van der Waals surface area contributed by atoms with Crippen LogP contribution in [0.4, 0.5) is 0 Å². The highest BCUT2D eigenvalue weighted by molar-refractivity contribution is 9.10. The van der Waals surface area contributed by atoms with Crippen molar-refractivity contribution in [3.63, 3.8) is 0 Å². The fraction of sp³-hybridized carbons (Fsp3) is 0.538. The first-order valence-electron chi connectivity index (χ1n) is 6.31. The molecule has 3 atom stereocenters. The molecule has 0 aromatic carbocycles. The van der Waals surface area contributed by atoms with Gasteiger partial charge in [0.2, 0.25) is 0 Å². The number of hydrogen-bond donors (Lipinski definition) is 1. The zero-order chi connectivity index (χ0) is 12.5. The molecule has 3 rings (SSSR count). The minimum absolute atomic E-state index is 0.270. The SMILES string of the molecule is O=C(NN=C[C@H]1C[C@H]2CC[C@H]1C2)c1ccc(Br)o1. The van der Waals surface area contributed by atoms with Crippen LogP contribution in [0.3, 0.4) is 0 Å². The molecule has 0 saturated heterocycles. The smallest absolute Gasteiger partial charge is 0.307 e. The van der Waals surface area contributed by atoms with Crippen molar-refractivity contribution in [2.24, 2.45) is 22.9 Å². The molecule has 1 N–H and O–H groups in total. The third-order valence-corrected chi connectivity index (χ3v) is 4.45. The Balaban J connectivity index is 1.53. The molecule has 0 spiro atoms. The number of carbonyl (C=O) groups is 1. The minimum Gasteiger partial charge on any atom is -0.444 e. The highest BCUT2D eigenvalue weighted by atomic mass is 79.9. The van der Waals surface area contributed by atoms with Crippen LogP contribution in [0, 0.1) is 17.8 Å². The van der Waals surface area contributed by atoms with Crippen molar-refractivity contribution in [3.8, 4) is 0 Å². The van der Waals surface area contributed by atoms with Gasteiger partial charge in [-0.25, -0.2) is 5.43 Å². The maximum atomic E-state index is 11.7. The molecule has 0 aliphatic heterocycles. The molecule has 0 unspecified atom stereocenters. The zero-order valence-corrected chi connectivity index (χ0v) is 11.5. The number of nitrogens with zero attached hydrogens (tertiary/aromatic N) is 1. The van der Waals surface area contributed by atoms with Gasteiger partial charge in [0.1, 0.15) is 0 Å². The van der Waals surface area contributed by atoms with E-state index in [-0.39, 0.29) is 11.7 Å². The number of hydrazone groups is 1. The van der Waals surface area contributed by atoms with Crippen molar-refractivity contribution in [2.45, 2.75) is 25.7 Å². The average molecular weight is 311 g/mol. The molecule has 1 aromatic heterocycles. The van der Waals surface area contributed by atoms with Crippen LogP contribution in [-0.2, 0) is 0 Å². The Kier molecular flexibility index (Phi) is 3.24. The number of nitrogens with one attached hydrogen (secondary N) is 1. The van der Waals surface area contributed by atoms with Crippen molar-refractivity contribution in [1.82, 2.24) is 5.43 Å². The predicted molar refractivity (Wildman–Crippen MR) is 71.3 cm³/mol. The van der Waals surface area contributed by atoms with Gasteiger partial charge in [0, 0.05) is 6.21 Å². The summed E-state index contributed by atoms with van der Waals surface area (Å²) in [5, 5.41) is 4.06. The second-order valence-electron chi connectivity index (χ2n) is 5.16. The van der Waals surface area contributed by atoms with Crippen molar-refractivity contribution in [3.05, 3.63) is 22.6 Å². The molecule has 2 aliphatic carbocycles. The summed E-state index contributed by atoms with van der Waals surface area (Å²) in [5.74, 6) is 2.19. The van der Waals surface area contributed by atoms with Crippen LogP contribution in [0.25, 0.3) is 0 Å². The number of hydrogen-bond acceptors (Lipinski definition) is 3. The van der Waals surface area contributed by atoms with Crippen molar-refractivity contribution >= 4 is 28.1 Å². The monoisotopic (exact) mass is 310 g/mol. The Morgan fingerprint density at radius 2 is 2.33 bits per heavy atom. The highest BCUT2D eigenvalue weighted by Crippen LogP contribution is 2.47. The lowest BCUT2D eigenvalue weighted by Crippen LogP contribution is -2.19. The molecule has 1 heterocycles. The van der Waals surface area contributed by atoms with Crippen LogP contribution in [0.1, 0.15) is 36.2 Å². The van der Waals surface area contributed by atoms with Crippen LogP contribution in [0.5, 0.6) is 0 Å². The third kappa shape index (κ3) is 2.36. The summed E-state index contributed by atoms with van der Waals surface area (Å²) in [4.78, 5) is 11.7. The Labute approximate surface area is 114 Å². The van der Waals surface area contributed by atoms with Gasteiger partial charge in [0.15, 0.2) is 10.4 Å². The van der Waals surface area contributed by atoms with E-state index in [2.05, 4.69) is 26.5 Å². The van der Waals surface area contributed by atoms with E-state index < -0.39 is 0 Å². The molecule has 1 aromatic rings. The van der Waals surface area contributed by atoms with Crippen LogP contribution in [0.2, 0.25) is 0 Å². The number of rotatable bonds is 3. The lowest BCUT2D eigenvalue weighted by atomic mass is 9.90. The van der Waals surface area contributed by atoms with Gasteiger partial charge in [-0.1, -0.05) is 6.42 Å². The van der Waals surface area contributed by atoms with E-state index in [1.165, 1.54) is 25.7 Å². The van der Waals surface area contributed by atoms with Gasteiger partial charge in [-0.15, -0.1) is 0 Å². The van der Waals surface area contributed by atoms with Crippen LogP contribution >= 0.6 is 15.9 Å². The van der Waals surface area contributed by atoms with E-state index in [0.717, 1.165) is 11.8 Å². The summed E-state index contributed by atoms with van der Waals surface area (Å²) in [7, 11) is 0. The maximum Gasteiger partial charge on any atom is 0.307 e. The first-order chi connectivity index (χ1) is 8.72. The van der Waals surface area contributed by atoms with Gasteiger partial charge < -0.3 is 4.42 Å². The third-order valence-electron chi connectivity index (χ3n) is 4.02. The fourth-order valence-corrected chi connectivity index (χ4v) is 3.47. The van der Waals surface area contributed by atoms with Gasteiger partial charge >= 0.3 is 5.91 Å². The second kappa shape index (κ2) is 4.88. The van der Waals surface area contributed by atoms with E-state index in [4.69, 9.17) is 4.42 Å². The summed E-state index contributed by atoms with van der Waals surface area (Å²) in [6.45, 7) is 0. The Morgan fingerprint density at radius 1 is 1.44 bits per heavy atom. The van der Waals surface area contributed by atoms with Gasteiger partial charge in [-0.05, 0) is 65.1 Å². The van der Waals surface area contributed by atoms with E-state index in [1.807, 2.05) is 6.21 Å². The zero-order valence-electron chi connectivity index (χ0n) is 9.93. The summed E-state index contributed by atoms with van der Waals surface area (Å²) in [6, 6.07) is 3.31. The lowest BCUT2D eigenvalue weighted by molar-refractivity contribution is 0.0926. The average Bonchev–Trinajstić information content (AvgIpc) is 3.04. The number of fused-ring (bicyclic) bond motifs is 2. The van der Waals surface area contributed by atoms with Gasteiger partial charge in [0.25, 0.3) is 0 Å². The maximum absolute atomic E-state index is 11.7. The molecule has 2 saturated carbocycles. The number of furan rings is 1. The van der Waals surface area contributed by atoms with Crippen LogP contribution in [0.15, 0.2) is 26.3 Å². The van der Waals surface area contributed by atoms with E-state index in [0.29, 0.717) is 10.6 Å². The van der Waals surface area contributed by atoms with Crippen LogP contribution < -0.4 is 5.43 Å². The molecule has 1 amide bonds. The number of halogens is 1. The molecule has 2 aliphatic rings. The second-order valence-corrected chi connectivity index (χ2v) is 5.94. The van der Waals surface area contributed by atoms with Crippen LogP contribution in [-0.4, -0.2) is 12.1 Å². The van der Waals surface area contributed by atoms with Gasteiger partial charge in [-0.3, -0.25) is 4.79 Å². The first-order valence-corrected chi connectivity index (χ1v) is 7.10. The molecule has 2 fully saturated rings. The Bertz CT molecular complexity index is 483. The molecule has 0 radical (unpaired) electrons. The number of amides is 1. The normalized spacial score (nSPS) is 30.2. The molecule has 5 heteroatoms. The van der Waals surface area contributed by atoms with Crippen molar-refractivity contribution in [1.29, 1.82) is 0 Å². The summed E-state index contributed by atoms with van der Waals surface area (Å²) >= 11 is 3.16. The molecule has 96 valence electrons. The van der Waals surface area contributed by atoms with E-state index >= 15 is 0 Å². The quantitative estimate of drug-likeness (QED) is 0.688. The summed E-state index contributed by atoms with van der Waals surface area (Å²) < 4.78 is 5.69. The van der Waals surface area contributed by atoms with Crippen molar-refractivity contribution in [2.75, 3.05) is 0 Å². The predicted octanol–water partition coefficient (Wildman–Crippen LogP) is 3.19. The van der Waals surface area contributed by atoms with E-state index in [1.54, 1.807) is 12.1 Å². The standard InChI is InChI=1S/C13H15BrN2O2/c14-12-4-3-11(18-12)13(17)16-15-7-10-6-8-1-2-9(10)5-8/h3-4,7-10H,1-2,5-6H2,(H,16,17)/t8-,9-,10+/m0/s1. The highest BCUT2D eigenvalue weighted by Gasteiger charge is 2.38. The summed E-state index contributed by atoms with van der Waals surface area (Å²) in [6.07, 6.45) is 7.17. The minimum atomic E-state index is -0.305. The largest absolute Gasteiger partial charge is 0.444 e. The molecular formula is C13H15BrN2O2.